The summed E-state index contributed by atoms with van der Waals surface area (Å²) in [4.78, 5) is 26.0. The molecule has 1 aromatic heterocycles. The van der Waals surface area contributed by atoms with Gasteiger partial charge in [0.25, 0.3) is 15.9 Å². The van der Waals surface area contributed by atoms with E-state index in [1.54, 1.807) is 30.0 Å². The van der Waals surface area contributed by atoms with E-state index < -0.39 is 22.1 Å². The van der Waals surface area contributed by atoms with Crippen LogP contribution in [0.5, 0.6) is 5.75 Å². The molecule has 3 rings (SSSR count). The fourth-order valence-corrected chi connectivity index (χ4v) is 6.15. The van der Waals surface area contributed by atoms with Crippen LogP contribution in [0.15, 0.2) is 33.9 Å². The molecule has 0 spiro atoms. The van der Waals surface area contributed by atoms with Crippen LogP contribution in [0.25, 0.3) is 0 Å². The highest BCUT2D eigenvalue weighted by Gasteiger charge is 2.33. The van der Waals surface area contributed by atoms with Crippen LogP contribution in [0.3, 0.4) is 0 Å². The number of methoxy groups -OCH3 is 1. The number of benzene rings is 1. The number of thiophene rings is 1. The van der Waals surface area contributed by atoms with Crippen LogP contribution >= 0.6 is 22.9 Å². The molecule has 0 aliphatic carbocycles. The molecule has 0 bridgehead atoms. The molecule has 1 atom stereocenters. The first-order valence-electron chi connectivity index (χ1n) is 9.52. The molecular formula is C20H23ClN2O6S2. The van der Waals surface area contributed by atoms with Gasteiger partial charge in [-0.3, -0.25) is 4.79 Å². The molecule has 1 fully saturated rings. The first kappa shape index (κ1) is 23.5. The standard InChI is InChI=1S/C20H23ClN2O6S2/c1-13-10-16(21)4-5-17(13)29-14(2)19(24)22-6-8-23(9-7-22)31(26,27)18-11-15(12-30-18)20(25)28-3/h4-5,10-12,14H,6-9H2,1-3H3/t14-/m1/s1. The Hall–Kier alpha value is -2.14. The van der Waals surface area contributed by atoms with Gasteiger partial charge in [-0.25, -0.2) is 13.2 Å². The fraction of sp³-hybridized carbons (Fsp3) is 0.400. The molecule has 1 aromatic carbocycles. The predicted octanol–water partition coefficient (Wildman–Crippen LogP) is 2.80. The zero-order chi connectivity index (χ0) is 22.8. The summed E-state index contributed by atoms with van der Waals surface area (Å²) in [6.45, 7) is 4.33. The average Bonchev–Trinajstić information content (AvgIpc) is 3.26. The number of sulfonamides is 1. The van der Waals surface area contributed by atoms with E-state index in [9.17, 15) is 18.0 Å². The molecule has 0 N–H and O–H groups in total. The summed E-state index contributed by atoms with van der Waals surface area (Å²) in [5.74, 6) is -0.223. The molecule has 168 valence electrons. The van der Waals surface area contributed by atoms with Gasteiger partial charge in [0, 0.05) is 36.6 Å². The van der Waals surface area contributed by atoms with Gasteiger partial charge in [0.15, 0.2) is 6.10 Å². The third-order valence-electron chi connectivity index (χ3n) is 4.93. The Labute approximate surface area is 190 Å². The van der Waals surface area contributed by atoms with Crippen LogP contribution in [0.4, 0.5) is 0 Å². The molecule has 1 aliphatic heterocycles. The second-order valence-corrected chi connectivity index (χ2v) is 10.6. The van der Waals surface area contributed by atoms with E-state index in [-0.39, 0.29) is 41.9 Å². The zero-order valence-corrected chi connectivity index (χ0v) is 19.7. The largest absolute Gasteiger partial charge is 0.481 e. The minimum absolute atomic E-state index is 0.0718. The monoisotopic (exact) mass is 486 g/mol. The van der Waals surface area contributed by atoms with Gasteiger partial charge in [0.05, 0.1) is 12.7 Å². The van der Waals surface area contributed by atoms with Crippen molar-refractivity contribution in [3.8, 4) is 5.75 Å². The van der Waals surface area contributed by atoms with Gasteiger partial charge in [-0.1, -0.05) is 11.6 Å². The van der Waals surface area contributed by atoms with Crippen molar-refractivity contribution in [3.05, 3.63) is 45.8 Å². The van der Waals surface area contributed by atoms with Gasteiger partial charge >= 0.3 is 5.97 Å². The lowest BCUT2D eigenvalue weighted by atomic mass is 10.2. The molecule has 0 saturated carbocycles. The number of carbonyl (C=O) groups excluding carboxylic acids is 2. The van der Waals surface area contributed by atoms with E-state index in [0.717, 1.165) is 16.9 Å². The van der Waals surface area contributed by atoms with Gasteiger partial charge in [-0.05, 0) is 43.7 Å². The molecule has 1 saturated heterocycles. The van der Waals surface area contributed by atoms with Crippen LogP contribution in [-0.4, -0.2) is 68.9 Å². The number of piperazine rings is 1. The number of aryl methyl sites for hydroxylation is 1. The summed E-state index contributed by atoms with van der Waals surface area (Å²) in [7, 11) is -2.51. The highest BCUT2D eigenvalue weighted by molar-refractivity contribution is 7.91. The van der Waals surface area contributed by atoms with Crippen LogP contribution in [-0.2, 0) is 19.6 Å². The molecular weight excluding hydrogens is 464 g/mol. The number of esters is 1. The van der Waals surface area contributed by atoms with Gasteiger partial charge in [-0.2, -0.15) is 4.31 Å². The van der Waals surface area contributed by atoms with E-state index in [4.69, 9.17) is 16.3 Å². The van der Waals surface area contributed by atoms with Gasteiger partial charge in [-0.15, -0.1) is 11.3 Å². The maximum atomic E-state index is 12.9. The number of hydrogen-bond donors (Lipinski definition) is 0. The smallest absolute Gasteiger partial charge is 0.338 e. The lowest BCUT2D eigenvalue weighted by molar-refractivity contribution is -0.139. The van der Waals surface area contributed by atoms with E-state index in [1.807, 2.05) is 6.92 Å². The van der Waals surface area contributed by atoms with Crippen LogP contribution in [0, 0.1) is 6.92 Å². The number of ether oxygens (including phenoxy) is 2. The topological polar surface area (TPSA) is 93.2 Å². The van der Waals surface area contributed by atoms with E-state index >= 15 is 0 Å². The molecule has 1 aliphatic rings. The third kappa shape index (κ3) is 5.20. The lowest BCUT2D eigenvalue weighted by Crippen LogP contribution is -2.53. The Morgan fingerprint density at radius 1 is 1.16 bits per heavy atom. The van der Waals surface area contributed by atoms with E-state index in [0.29, 0.717) is 10.8 Å². The van der Waals surface area contributed by atoms with Gasteiger partial charge in [0.2, 0.25) is 0 Å². The highest BCUT2D eigenvalue weighted by Crippen LogP contribution is 2.26. The Balaban J connectivity index is 1.61. The predicted molar refractivity (Wildman–Crippen MR) is 117 cm³/mol. The Bertz CT molecular complexity index is 1080. The number of amides is 1. The van der Waals surface area contributed by atoms with Crippen molar-refractivity contribution in [2.24, 2.45) is 0 Å². The average molecular weight is 487 g/mol. The first-order valence-corrected chi connectivity index (χ1v) is 12.2. The van der Waals surface area contributed by atoms with Gasteiger partial charge in [0.1, 0.15) is 9.96 Å². The summed E-state index contributed by atoms with van der Waals surface area (Å²) in [6, 6.07) is 6.48. The molecule has 31 heavy (non-hydrogen) atoms. The normalized spacial score (nSPS) is 16.1. The van der Waals surface area contributed by atoms with Crippen molar-refractivity contribution in [3.63, 3.8) is 0 Å². The Morgan fingerprint density at radius 2 is 1.84 bits per heavy atom. The summed E-state index contributed by atoms with van der Waals surface area (Å²) < 4.78 is 37.6. The van der Waals surface area contributed by atoms with Crippen LogP contribution in [0.1, 0.15) is 22.8 Å². The number of hydrogen-bond acceptors (Lipinski definition) is 7. The first-order chi connectivity index (χ1) is 14.6. The van der Waals surface area contributed by atoms with Crippen molar-refractivity contribution in [2.45, 2.75) is 24.2 Å². The molecule has 2 heterocycles. The number of carbonyl (C=O) groups is 2. The second kappa shape index (κ2) is 9.56. The minimum Gasteiger partial charge on any atom is -0.481 e. The van der Waals surface area contributed by atoms with Crippen LogP contribution in [0.2, 0.25) is 5.02 Å². The summed E-state index contributed by atoms with van der Waals surface area (Å²) in [5, 5.41) is 2.04. The Kier molecular flexibility index (Phi) is 7.25. The molecule has 2 aromatic rings. The van der Waals surface area contributed by atoms with Crippen molar-refractivity contribution in [2.75, 3.05) is 33.3 Å². The second-order valence-electron chi connectivity index (χ2n) is 7.05. The third-order valence-corrected chi connectivity index (χ3v) is 8.48. The number of nitrogens with zero attached hydrogens (tertiary/aromatic N) is 2. The van der Waals surface area contributed by atoms with Crippen molar-refractivity contribution < 1.29 is 27.5 Å². The molecule has 1 amide bonds. The molecule has 0 radical (unpaired) electrons. The molecule has 8 nitrogen and oxygen atoms in total. The number of halogens is 1. The number of rotatable bonds is 6. The Morgan fingerprint density at radius 3 is 2.45 bits per heavy atom. The van der Waals surface area contributed by atoms with Crippen LogP contribution < -0.4 is 4.74 Å². The summed E-state index contributed by atoms with van der Waals surface area (Å²) in [6.07, 6.45) is -0.719. The SMILES string of the molecule is COC(=O)c1csc(S(=O)(=O)N2CCN(C(=O)[C@@H](C)Oc3ccc(Cl)cc3C)CC2)c1. The lowest BCUT2D eigenvalue weighted by Gasteiger charge is -2.35. The van der Waals surface area contributed by atoms with E-state index in [1.165, 1.54) is 22.9 Å². The maximum absolute atomic E-state index is 12.9. The van der Waals surface area contributed by atoms with Gasteiger partial charge < -0.3 is 14.4 Å². The molecule has 11 heteroatoms. The molecule has 0 unspecified atom stereocenters. The fourth-order valence-electron chi connectivity index (χ4n) is 3.20. The zero-order valence-electron chi connectivity index (χ0n) is 17.3. The van der Waals surface area contributed by atoms with Crippen molar-refractivity contribution in [1.82, 2.24) is 9.21 Å². The maximum Gasteiger partial charge on any atom is 0.338 e. The highest BCUT2D eigenvalue weighted by atomic mass is 35.5. The quantitative estimate of drug-likeness (QED) is 0.583. The minimum atomic E-state index is -3.75. The van der Waals surface area contributed by atoms with Crippen molar-refractivity contribution in [1.29, 1.82) is 0 Å². The van der Waals surface area contributed by atoms with E-state index in [2.05, 4.69) is 4.74 Å². The summed E-state index contributed by atoms with van der Waals surface area (Å²) in [5.41, 5.74) is 1.02. The van der Waals surface area contributed by atoms with Crippen molar-refractivity contribution >= 4 is 44.8 Å². The summed E-state index contributed by atoms with van der Waals surface area (Å²) >= 11 is 6.92.